The molecule has 1 heterocycles. The van der Waals surface area contributed by atoms with Crippen LogP contribution in [0.15, 0.2) is 18.2 Å². The van der Waals surface area contributed by atoms with Crippen LogP contribution in [0.25, 0.3) is 11.4 Å². The van der Waals surface area contributed by atoms with Gasteiger partial charge in [0, 0.05) is 31.3 Å². The molecule has 3 nitrogen and oxygen atoms in total. The number of hydrogen-bond donors (Lipinski definition) is 1. The summed E-state index contributed by atoms with van der Waals surface area (Å²) in [5.41, 5.74) is 6.25. The van der Waals surface area contributed by atoms with E-state index < -0.39 is 0 Å². The van der Waals surface area contributed by atoms with Crippen LogP contribution < -0.4 is 5.32 Å². The fraction of sp³-hybridized carbons (Fsp3) is 0.438. The number of nitrogens with zero attached hydrogens (tertiary/aromatic N) is 2. The van der Waals surface area contributed by atoms with Gasteiger partial charge in [-0.2, -0.15) is 0 Å². The maximum atomic E-state index is 4.83. The second-order valence-electron chi connectivity index (χ2n) is 5.20. The van der Waals surface area contributed by atoms with E-state index in [4.69, 9.17) is 4.98 Å². The van der Waals surface area contributed by atoms with Gasteiger partial charge in [0.05, 0.1) is 5.69 Å². The van der Waals surface area contributed by atoms with E-state index >= 15 is 0 Å². The van der Waals surface area contributed by atoms with Gasteiger partial charge in [-0.3, -0.25) is 0 Å². The normalized spacial score (nSPS) is 11.0. The van der Waals surface area contributed by atoms with Gasteiger partial charge in [0.25, 0.3) is 0 Å². The van der Waals surface area contributed by atoms with Gasteiger partial charge < -0.3 is 9.88 Å². The van der Waals surface area contributed by atoms with Gasteiger partial charge in [0.15, 0.2) is 0 Å². The standard InChI is InChI=1S/C16H23N3/c1-11-6-7-14(12(2)10-11)16-18-15(8-9-17-4)13(3)19(16)5/h6-7,10,17H,8-9H2,1-5H3. The SMILES string of the molecule is CNCCc1nc(-c2ccc(C)cc2C)n(C)c1C. The molecule has 0 aliphatic rings. The van der Waals surface area contributed by atoms with Crippen molar-refractivity contribution in [3.63, 3.8) is 0 Å². The third-order valence-electron chi connectivity index (χ3n) is 3.71. The third kappa shape index (κ3) is 2.71. The lowest BCUT2D eigenvalue weighted by atomic mass is 10.1. The molecular formula is C16H23N3. The van der Waals surface area contributed by atoms with Gasteiger partial charge in [-0.15, -0.1) is 0 Å². The lowest BCUT2D eigenvalue weighted by molar-refractivity contribution is 0.772. The molecule has 0 aliphatic carbocycles. The highest BCUT2D eigenvalue weighted by Gasteiger charge is 2.13. The van der Waals surface area contributed by atoms with Crippen LogP contribution in [0.2, 0.25) is 0 Å². The zero-order chi connectivity index (χ0) is 14.0. The first-order chi connectivity index (χ1) is 9.04. The Bertz CT molecular complexity index is 582. The largest absolute Gasteiger partial charge is 0.331 e. The summed E-state index contributed by atoms with van der Waals surface area (Å²) in [6.07, 6.45) is 0.973. The highest BCUT2D eigenvalue weighted by molar-refractivity contribution is 5.62. The number of rotatable bonds is 4. The van der Waals surface area contributed by atoms with Crippen molar-refractivity contribution in [1.82, 2.24) is 14.9 Å². The van der Waals surface area contributed by atoms with Crippen molar-refractivity contribution in [2.45, 2.75) is 27.2 Å². The molecule has 19 heavy (non-hydrogen) atoms. The molecule has 0 spiro atoms. The molecule has 0 saturated heterocycles. The van der Waals surface area contributed by atoms with Crippen molar-refractivity contribution in [3.05, 3.63) is 40.7 Å². The fourth-order valence-corrected chi connectivity index (χ4v) is 2.42. The minimum atomic E-state index is 0.962. The molecule has 102 valence electrons. The smallest absolute Gasteiger partial charge is 0.140 e. The van der Waals surface area contributed by atoms with Gasteiger partial charge in [0.1, 0.15) is 5.82 Å². The molecule has 0 unspecified atom stereocenters. The van der Waals surface area contributed by atoms with Crippen molar-refractivity contribution in [2.24, 2.45) is 7.05 Å². The van der Waals surface area contributed by atoms with E-state index in [9.17, 15) is 0 Å². The molecule has 1 aromatic carbocycles. The van der Waals surface area contributed by atoms with Gasteiger partial charge in [-0.05, 0) is 33.4 Å². The molecular weight excluding hydrogens is 234 g/mol. The Balaban J connectivity index is 2.45. The average molecular weight is 257 g/mol. The zero-order valence-electron chi connectivity index (χ0n) is 12.5. The second kappa shape index (κ2) is 5.57. The summed E-state index contributed by atoms with van der Waals surface area (Å²) in [5.74, 6) is 1.07. The first-order valence-electron chi connectivity index (χ1n) is 6.79. The zero-order valence-corrected chi connectivity index (χ0v) is 12.5. The maximum Gasteiger partial charge on any atom is 0.140 e. The van der Waals surface area contributed by atoms with Crippen LogP contribution in [0.4, 0.5) is 0 Å². The molecule has 0 aliphatic heterocycles. The van der Waals surface area contributed by atoms with Crippen molar-refractivity contribution in [1.29, 1.82) is 0 Å². The molecule has 1 N–H and O–H groups in total. The van der Waals surface area contributed by atoms with E-state index in [1.807, 2.05) is 7.05 Å². The van der Waals surface area contributed by atoms with E-state index in [1.54, 1.807) is 0 Å². The summed E-state index contributed by atoms with van der Waals surface area (Å²) in [4.78, 5) is 4.83. The van der Waals surface area contributed by atoms with Crippen LogP contribution in [-0.2, 0) is 13.5 Å². The van der Waals surface area contributed by atoms with Crippen molar-refractivity contribution < 1.29 is 0 Å². The molecule has 2 aromatic rings. The quantitative estimate of drug-likeness (QED) is 0.912. The molecule has 2 rings (SSSR count). The summed E-state index contributed by atoms with van der Waals surface area (Å²) in [6.45, 7) is 7.38. The van der Waals surface area contributed by atoms with Crippen LogP contribution in [0.5, 0.6) is 0 Å². The van der Waals surface area contributed by atoms with E-state index in [-0.39, 0.29) is 0 Å². The second-order valence-corrected chi connectivity index (χ2v) is 5.20. The summed E-state index contributed by atoms with van der Waals surface area (Å²) in [7, 11) is 4.07. The van der Waals surface area contributed by atoms with Crippen LogP contribution in [0, 0.1) is 20.8 Å². The number of likely N-dealkylation sites (N-methyl/N-ethyl adjacent to an activating group) is 1. The first kappa shape index (κ1) is 13.8. The molecule has 0 atom stereocenters. The summed E-state index contributed by atoms with van der Waals surface area (Å²) >= 11 is 0. The minimum absolute atomic E-state index is 0.962. The van der Waals surface area contributed by atoms with Crippen LogP contribution in [0.3, 0.4) is 0 Å². The van der Waals surface area contributed by atoms with Crippen LogP contribution in [-0.4, -0.2) is 23.1 Å². The summed E-state index contributed by atoms with van der Waals surface area (Å²) in [5, 5.41) is 3.18. The third-order valence-corrected chi connectivity index (χ3v) is 3.71. The summed E-state index contributed by atoms with van der Waals surface area (Å²) < 4.78 is 2.20. The fourth-order valence-electron chi connectivity index (χ4n) is 2.42. The lowest BCUT2D eigenvalue weighted by Crippen LogP contribution is -2.11. The predicted molar refractivity (Wildman–Crippen MR) is 80.5 cm³/mol. The first-order valence-corrected chi connectivity index (χ1v) is 6.79. The molecule has 0 amide bonds. The Kier molecular flexibility index (Phi) is 4.05. The Morgan fingerprint density at radius 1 is 1.21 bits per heavy atom. The van der Waals surface area contributed by atoms with Crippen molar-refractivity contribution >= 4 is 0 Å². The van der Waals surface area contributed by atoms with E-state index in [0.717, 1.165) is 18.8 Å². The monoisotopic (exact) mass is 257 g/mol. The maximum absolute atomic E-state index is 4.83. The van der Waals surface area contributed by atoms with Crippen molar-refractivity contribution in [2.75, 3.05) is 13.6 Å². The highest BCUT2D eigenvalue weighted by Crippen LogP contribution is 2.25. The topological polar surface area (TPSA) is 29.9 Å². The molecule has 3 heteroatoms. The Morgan fingerprint density at radius 3 is 2.58 bits per heavy atom. The van der Waals surface area contributed by atoms with E-state index in [1.165, 1.54) is 28.1 Å². The molecule has 0 fully saturated rings. The van der Waals surface area contributed by atoms with E-state index in [0.29, 0.717) is 0 Å². The average Bonchev–Trinajstić information content (AvgIpc) is 2.64. The summed E-state index contributed by atoms with van der Waals surface area (Å²) in [6, 6.07) is 6.54. The van der Waals surface area contributed by atoms with Crippen LogP contribution in [0.1, 0.15) is 22.5 Å². The Morgan fingerprint density at radius 2 is 1.95 bits per heavy atom. The predicted octanol–water partition coefficient (Wildman–Crippen LogP) is 2.77. The van der Waals surface area contributed by atoms with Gasteiger partial charge >= 0.3 is 0 Å². The number of aromatic nitrogens is 2. The number of benzene rings is 1. The number of nitrogens with one attached hydrogen (secondary N) is 1. The minimum Gasteiger partial charge on any atom is -0.331 e. The highest BCUT2D eigenvalue weighted by atomic mass is 15.1. The van der Waals surface area contributed by atoms with Gasteiger partial charge in [-0.25, -0.2) is 4.98 Å². The number of imidazole rings is 1. The molecule has 0 saturated carbocycles. The molecule has 1 aromatic heterocycles. The number of aryl methyl sites for hydroxylation is 2. The Hall–Kier alpha value is -1.61. The van der Waals surface area contributed by atoms with Crippen molar-refractivity contribution in [3.8, 4) is 11.4 Å². The van der Waals surface area contributed by atoms with Crippen LogP contribution >= 0.6 is 0 Å². The molecule has 0 bridgehead atoms. The lowest BCUT2D eigenvalue weighted by Gasteiger charge is -2.07. The molecule has 0 radical (unpaired) electrons. The number of hydrogen-bond acceptors (Lipinski definition) is 2. The van der Waals surface area contributed by atoms with Gasteiger partial charge in [-0.1, -0.05) is 23.8 Å². The van der Waals surface area contributed by atoms with Gasteiger partial charge in [0.2, 0.25) is 0 Å². The Labute approximate surface area is 115 Å². The van der Waals surface area contributed by atoms with E-state index in [2.05, 4.69) is 55.9 Å².